The van der Waals surface area contributed by atoms with Crippen LogP contribution in [0.1, 0.15) is 42.8 Å². The molecule has 0 bridgehead atoms. The minimum Gasteiger partial charge on any atom is -0.481 e. The highest BCUT2D eigenvalue weighted by Crippen LogP contribution is 2.29. The lowest BCUT2D eigenvalue weighted by atomic mass is 9.85. The summed E-state index contributed by atoms with van der Waals surface area (Å²) in [4.78, 5) is 24.4. The van der Waals surface area contributed by atoms with Gasteiger partial charge >= 0.3 is 5.97 Å². The smallest absolute Gasteiger partial charge is 0.304 e. The van der Waals surface area contributed by atoms with E-state index in [2.05, 4.69) is 25.3 Å². The minimum atomic E-state index is -0.894. The van der Waals surface area contributed by atoms with Gasteiger partial charge in [-0.1, -0.05) is 43.3 Å². The van der Waals surface area contributed by atoms with Crippen LogP contribution in [-0.2, 0) is 16.8 Å². The number of carbonyl (C=O) groups is 1. The molecule has 0 aliphatic carbocycles. The Hall–Kier alpha value is -4.21. The van der Waals surface area contributed by atoms with Gasteiger partial charge in [0.15, 0.2) is 17.5 Å². The number of nitrogens with two attached hydrogens (primary N) is 1. The Morgan fingerprint density at radius 2 is 1.86 bits per heavy atom. The lowest BCUT2D eigenvalue weighted by Crippen LogP contribution is -2.23. The Labute approximate surface area is 201 Å². The summed E-state index contributed by atoms with van der Waals surface area (Å²) >= 11 is 0. The van der Waals surface area contributed by atoms with Gasteiger partial charge in [-0.25, -0.2) is 19.0 Å². The van der Waals surface area contributed by atoms with Gasteiger partial charge < -0.3 is 10.8 Å². The molecule has 0 fully saturated rings. The Morgan fingerprint density at radius 1 is 1.11 bits per heavy atom. The molecule has 3 aromatic heterocycles. The van der Waals surface area contributed by atoms with E-state index in [-0.39, 0.29) is 30.2 Å². The highest BCUT2D eigenvalue weighted by Gasteiger charge is 2.26. The summed E-state index contributed by atoms with van der Waals surface area (Å²) in [6, 6.07) is 11.1. The second kappa shape index (κ2) is 9.21. The number of nitrogens with zero attached hydrogens (tertiary/aromatic N) is 6. The number of aliphatic carboxylic acids is 1. The molecule has 0 atom stereocenters. The number of benzene rings is 1. The summed E-state index contributed by atoms with van der Waals surface area (Å²) in [7, 11) is 0. The van der Waals surface area contributed by atoms with Gasteiger partial charge in [0.25, 0.3) is 0 Å². The summed E-state index contributed by atoms with van der Waals surface area (Å²) in [5, 5.41) is 17.4. The third-order valence-corrected chi connectivity index (χ3v) is 5.92. The molecule has 0 amide bonds. The Morgan fingerprint density at radius 3 is 2.60 bits per heavy atom. The first-order chi connectivity index (χ1) is 16.5. The van der Waals surface area contributed by atoms with Crippen LogP contribution < -0.4 is 5.73 Å². The number of hydrogen-bond donors (Lipinski definition) is 2. The average molecular weight is 476 g/mol. The molecule has 0 spiro atoms. The predicted octanol–water partition coefficient (Wildman–Crippen LogP) is 3.94. The molecule has 1 aromatic carbocycles. The van der Waals surface area contributed by atoms with Crippen LogP contribution in [-0.4, -0.2) is 41.0 Å². The molecule has 0 radical (unpaired) electrons. The van der Waals surface area contributed by atoms with Gasteiger partial charge in [0, 0.05) is 16.7 Å². The number of aryl methyl sites for hydroxylation is 1. The highest BCUT2D eigenvalue weighted by atomic mass is 19.1. The van der Waals surface area contributed by atoms with Gasteiger partial charge in [0.2, 0.25) is 0 Å². The van der Waals surface area contributed by atoms with Crippen LogP contribution in [0.3, 0.4) is 0 Å². The fraction of sp³-hybridized carbons (Fsp3) is 0.280. The molecule has 0 aliphatic rings. The summed E-state index contributed by atoms with van der Waals surface area (Å²) < 4.78 is 16.4. The summed E-state index contributed by atoms with van der Waals surface area (Å²) in [6.07, 6.45) is 1.52. The number of anilines is 1. The molecule has 4 aromatic rings. The first-order valence-electron chi connectivity index (χ1n) is 11.0. The maximum atomic E-state index is 14.9. The van der Waals surface area contributed by atoms with E-state index in [1.165, 1.54) is 4.68 Å². The van der Waals surface area contributed by atoms with Crippen molar-refractivity contribution < 1.29 is 14.3 Å². The van der Waals surface area contributed by atoms with E-state index in [9.17, 15) is 14.3 Å². The number of aromatic nitrogens is 6. The lowest BCUT2D eigenvalue weighted by molar-refractivity contribution is -0.138. The van der Waals surface area contributed by atoms with Crippen molar-refractivity contribution in [1.82, 2.24) is 29.9 Å². The van der Waals surface area contributed by atoms with Crippen molar-refractivity contribution >= 4 is 11.8 Å². The molecule has 3 N–H and O–H groups in total. The third-order valence-electron chi connectivity index (χ3n) is 5.92. The molecular weight excluding hydrogens is 449 g/mol. The molecule has 0 aliphatic heterocycles. The van der Waals surface area contributed by atoms with Crippen molar-refractivity contribution in [2.45, 2.75) is 46.1 Å². The largest absolute Gasteiger partial charge is 0.481 e. The lowest BCUT2D eigenvalue weighted by Gasteiger charge is -2.22. The molecule has 180 valence electrons. The predicted molar refractivity (Wildman–Crippen MR) is 129 cm³/mol. The fourth-order valence-electron chi connectivity index (χ4n) is 3.81. The van der Waals surface area contributed by atoms with E-state index >= 15 is 0 Å². The molecule has 9 nitrogen and oxygen atoms in total. The Bertz CT molecular complexity index is 1410. The van der Waals surface area contributed by atoms with Gasteiger partial charge in [0.05, 0.1) is 24.9 Å². The molecule has 4 rings (SSSR count). The fourth-order valence-corrected chi connectivity index (χ4v) is 3.81. The number of hydrogen-bond acceptors (Lipinski definition) is 7. The van der Waals surface area contributed by atoms with Gasteiger partial charge in [-0.05, 0) is 37.1 Å². The van der Waals surface area contributed by atoms with E-state index in [0.29, 0.717) is 17.2 Å². The van der Waals surface area contributed by atoms with Gasteiger partial charge in [-0.3, -0.25) is 9.78 Å². The first kappa shape index (κ1) is 23.9. The Balaban J connectivity index is 1.65. The van der Waals surface area contributed by atoms with Gasteiger partial charge in [0.1, 0.15) is 11.4 Å². The quantitative estimate of drug-likeness (QED) is 0.411. The van der Waals surface area contributed by atoms with Crippen LogP contribution >= 0.6 is 0 Å². The van der Waals surface area contributed by atoms with Crippen molar-refractivity contribution in [3.05, 3.63) is 70.9 Å². The van der Waals surface area contributed by atoms with Crippen LogP contribution in [0.4, 0.5) is 10.2 Å². The molecule has 3 heterocycles. The Kier molecular flexibility index (Phi) is 6.29. The van der Waals surface area contributed by atoms with Crippen molar-refractivity contribution in [3.8, 4) is 22.8 Å². The van der Waals surface area contributed by atoms with Crippen LogP contribution in [0.5, 0.6) is 0 Å². The topological polar surface area (TPSA) is 133 Å². The van der Waals surface area contributed by atoms with E-state index in [4.69, 9.17) is 5.73 Å². The van der Waals surface area contributed by atoms with Crippen LogP contribution in [0.2, 0.25) is 0 Å². The van der Waals surface area contributed by atoms with E-state index < -0.39 is 17.2 Å². The SMILES string of the molecule is Cc1cccc(-c2nc(N)c(F)c(-c3cn(Cc4cccc(C(C)(C)CC(=O)O)n4)nn3)n2)c1C. The molecular formula is C25H26FN7O2. The van der Waals surface area contributed by atoms with Gasteiger partial charge in [-0.15, -0.1) is 5.10 Å². The molecule has 0 saturated heterocycles. The van der Waals surface area contributed by atoms with Crippen LogP contribution in [0.15, 0.2) is 42.6 Å². The molecule has 35 heavy (non-hydrogen) atoms. The first-order valence-corrected chi connectivity index (χ1v) is 11.0. The third kappa shape index (κ3) is 5.01. The number of nitrogen functional groups attached to an aromatic ring is 1. The van der Waals surface area contributed by atoms with Gasteiger partial charge in [-0.2, -0.15) is 0 Å². The van der Waals surface area contributed by atoms with E-state index in [1.807, 2.05) is 58.0 Å². The van der Waals surface area contributed by atoms with Crippen LogP contribution in [0.25, 0.3) is 22.8 Å². The second-order valence-corrected chi connectivity index (χ2v) is 9.11. The monoisotopic (exact) mass is 475 g/mol. The number of halogens is 1. The zero-order chi connectivity index (χ0) is 25.3. The molecule has 10 heteroatoms. The minimum absolute atomic E-state index is 0.0380. The van der Waals surface area contributed by atoms with Crippen LogP contribution in [0, 0.1) is 19.7 Å². The number of pyridine rings is 1. The molecule has 0 saturated carbocycles. The highest BCUT2D eigenvalue weighted by molar-refractivity contribution is 5.69. The normalized spacial score (nSPS) is 11.6. The molecule has 0 unspecified atom stereocenters. The number of rotatable bonds is 7. The maximum Gasteiger partial charge on any atom is 0.304 e. The summed E-state index contributed by atoms with van der Waals surface area (Å²) in [6.45, 7) is 7.84. The standard InChI is InChI=1S/C25H26FN7O2/c1-14-7-5-9-17(15(14)2)24-29-22(21(26)23(27)30-24)18-13-33(32-31-18)12-16-8-6-10-19(28-16)25(3,4)11-20(34)35/h5-10,13H,11-12H2,1-4H3,(H,34,35)(H2,27,29,30). The van der Waals surface area contributed by atoms with Crippen molar-refractivity contribution in [3.63, 3.8) is 0 Å². The van der Waals surface area contributed by atoms with E-state index in [1.54, 1.807) is 12.3 Å². The summed E-state index contributed by atoms with van der Waals surface area (Å²) in [5.74, 6) is -1.61. The summed E-state index contributed by atoms with van der Waals surface area (Å²) in [5.41, 5.74) is 9.53. The zero-order valence-electron chi connectivity index (χ0n) is 19.9. The van der Waals surface area contributed by atoms with Crippen molar-refractivity contribution in [2.24, 2.45) is 0 Å². The average Bonchev–Trinajstić information content (AvgIpc) is 3.25. The van der Waals surface area contributed by atoms with Crippen molar-refractivity contribution in [2.75, 3.05) is 5.73 Å². The van der Waals surface area contributed by atoms with Crippen molar-refractivity contribution in [1.29, 1.82) is 0 Å². The van der Waals surface area contributed by atoms with E-state index in [0.717, 1.165) is 16.7 Å². The second-order valence-electron chi connectivity index (χ2n) is 9.11. The number of carboxylic acid groups (broad SMARTS) is 1. The maximum absolute atomic E-state index is 14.9. The zero-order valence-corrected chi connectivity index (χ0v) is 19.9. The number of carboxylic acids is 1.